The number of ether oxygens (including phenoxy) is 1. The predicted molar refractivity (Wildman–Crippen MR) is 58.9 cm³/mol. The summed E-state index contributed by atoms with van der Waals surface area (Å²) in [4.78, 5) is 11.5. The first kappa shape index (κ1) is 13.4. The molecule has 1 heterocycles. The highest BCUT2D eigenvalue weighted by Crippen LogP contribution is 2.19. The van der Waals surface area contributed by atoms with Crippen molar-refractivity contribution in [1.82, 2.24) is 9.03 Å². The van der Waals surface area contributed by atoms with E-state index in [1.807, 2.05) is 0 Å². The van der Waals surface area contributed by atoms with Gasteiger partial charge in [0.2, 0.25) is 0 Å². The van der Waals surface area contributed by atoms with E-state index in [2.05, 4.69) is 4.72 Å². The van der Waals surface area contributed by atoms with Gasteiger partial charge in [0.1, 0.15) is 0 Å². The molecular weight excluding hydrogens is 232 g/mol. The zero-order valence-electron chi connectivity index (χ0n) is 9.60. The molecule has 0 radical (unpaired) electrons. The van der Waals surface area contributed by atoms with Gasteiger partial charge in [-0.25, -0.2) is 4.72 Å². The Kier molecular flexibility index (Phi) is 4.69. The molecule has 1 atom stereocenters. The fourth-order valence-corrected chi connectivity index (χ4v) is 2.75. The highest BCUT2D eigenvalue weighted by atomic mass is 32.2. The Bertz CT molecular complexity index is 341. The summed E-state index contributed by atoms with van der Waals surface area (Å²) in [7, 11) is -2.06. The van der Waals surface area contributed by atoms with Crippen LogP contribution in [0.2, 0.25) is 0 Å². The summed E-state index contributed by atoms with van der Waals surface area (Å²) in [5.41, 5.74) is 0. The molecule has 1 N–H and O–H groups in total. The standard InChI is InChI=1S/C9H18N2O4S/c1-3-15-9(12)8-5-4-6-11(7-8)16(13,14)10-2/h8,10H,3-7H2,1-2H3/t8-/m0/s1. The molecule has 1 rings (SSSR count). The molecule has 6 nitrogen and oxygen atoms in total. The molecule has 0 bridgehead atoms. The number of carbonyl (C=O) groups is 1. The van der Waals surface area contributed by atoms with Gasteiger partial charge in [0.15, 0.2) is 0 Å². The molecule has 1 aliphatic rings. The highest BCUT2D eigenvalue weighted by Gasteiger charge is 2.32. The number of piperidine rings is 1. The second-order valence-electron chi connectivity index (χ2n) is 3.66. The molecule has 0 spiro atoms. The monoisotopic (exact) mass is 250 g/mol. The Labute approximate surface area is 96.1 Å². The third kappa shape index (κ3) is 3.16. The van der Waals surface area contributed by atoms with Gasteiger partial charge in [-0.05, 0) is 19.8 Å². The SMILES string of the molecule is CCOC(=O)[C@H]1CCCN(S(=O)(=O)NC)C1. The first-order chi connectivity index (χ1) is 7.51. The van der Waals surface area contributed by atoms with Gasteiger partial charge < -0.3 is 4.74 Å². The minimum Gasteiger partial charge on any atom is -0.466 e. The summed E-state index contributed by atoms with van der Waals surface area (Å²) in [6.45, 7) is 2.73. The average molecular weight is 250 g/mol. The lowest BCUT2D eigenvalue weighted by Gasteiger charge is -2.30. The normalized spacial score (nSPS) is 23.0. The van der Waals surface area contributed by atoms with Gasteiger partial charge in [-0.15, -0.1) is 0 Å². The Hall–Kier alpha value is -0.660. The maximum Gasteiger partial charge on any atom is 0.310 e. The van der Waals surface area contributed by atoms with Crippen molar-refractivity contribution in [2.24, 2.45) is 5.92 Å². The topological polar surface area (TPSA) is 75.7 Å². The Morgan fingerprint density at radius 1 is 1.56 bits per heavy atom. The van der Waals surface area contributed by atoms with Crippen LogP contribution in [0.5, 0.6) is 0 Å². The maximum absolute atomic E-state index is 11.5. The highest BCUT2D eigenvalue weighted by molar-refractivity contribution is 7.87. The zero-order valence-corrected chi connectivity index (χ0v) is 10.4. The molecule has 1 aliphatic heterocycles. The average Bonchev–Trinajstić information content (AvgIpc) is 2.29. The minimum absolute atomic E-state index is 0.210. The van der Waals surface area contributed by atoms with Crippen LogP contribution in [0, 0.1) is 5.92 Å². The molecule has 94 valence electrons. The molecule has 0 aromatic carbocycles. The zero-order chi connectivity index (χ0) is 12.2. The number of rotatable bonds is 4. The third-order valence-corrected chi connectivity index (χ3v) is 4.13. The van der Waals surface area contributed by atoms with Crippen LogP contribution in [-0.2, 0) is 19.7 Å². The largest absolute Gasteiger partial charge is 0.466 e. The van der Waals surface area contributed by atoms with Crippen LogP contribution in [-0.4, -0.2) is 45.4 Å². The van der Waals surface area contributed by atoms with Crippen molar-refractivity contribution in [1.29, 1.82) is 0 Å². The lowest BCUT2D eigenvalue weighted by molar-refractivity contribution is -0.149. The maximum atomic E-state index is 11.5. The molecule has 0 unspecified atom stereocenters. The van der Waals surface area contributed by atoms with E-state index >= 15 is 0 Å². The number of carbonyl (C=O) groups excluding carboxylic acids is 1. The van der Waals surface area contributed by atoms with E-state index in [1.165, 1.54) is 11.4 Å². The second kappa shape index (κ2) is 5.60. The van der Waals surface area contributed by atoms with Gasteiger partial charge in [-0.1, -0.05) is 0 Å². The van der Waals surface area contributed by atoms with Crippen LogP contribution in [0.1, 0.15) is 19.8 Å². The summed E-state index contributed by atoms with van der Waals surface area (Å²) >= 11 is 0. The molecule has 1 fully saturated rings. The quantitative estimate of drug-likeness (QED) is 0.697. The van der Waals surface area contributed by atoms with Gasteiger partial charge in [-0.3, -0.25) is 4.79 Å². The molecule has 0 aromatic heterocycles. The van der Waals surface area contributed by atoms with E-state index in [9.17, 15) is 13.2 Å². The van der Waals surface area contributed by atoms with Crippen molar-refractivity contribution in [3.8, 4) is 0 Å². The minimum atomic E-state index is -3.43. The lowest BCUT2D eigenvalue weighted by Crippen LogP contribution is -2.46. The Morgan fingerprint density at radius 2 is 2.25 bits per heavy atom. The Morgan fingerprint density at radius 3 is 2.81 bits per heavy atom. The molecule has 0 saturated carbocycles. The molecule has 0 amide bonds. The van der Waals surface area contributed by atoms with E-state index < -0.39 is 10.2 Å². The first-order valence-corrected chi connectivity index (χ1v) is 6.80. The van der Waals surface area contributed by atoms with Crippen molar-refractivity contribution >= 4 is 16.2 Å². The molecule has 1 saturated heterocycles. The van der Waals surface area contributed by atoms with Gasteiger partial charge in [-0.2, -0.15) is 12.7 Å². The smallest absolute Gasteiger partial charge is 0.310 e. The van der Waals surface area contributed by atoms with Gasteiger partial charge in [0.25, 0.3) is 10.2 Å². The number of nitrogens with zero attached hydrogens (tertiary/aromatic N) is 1. The third-order valence-electron chi connectivity index (χ3n) is 2.60. The van der Waals surface area contributed by atoms with Gasteiger partial charge in [0.05, 0.1) is 12.5 Å². The van der Waals surface area contributed by atoms with Crippen LogP contribution in [0.3, 0.4) is 0 Å². The van der Waals surface area contributed by atoms with Gasteiger partial charge in [0, 0.05) is 20.1 Å². The summed E-state index contributed by atoms with van der Waals surface area (Å²) in [5, 5.41) is 0. The van der Waals surface area contributed by atoms with Crippen molar-refractivity contribution in [2.75, 3.05) is 26.7 Å². The number of hydrogen-bond acceptors (Lipinski definition) is 4. The second-order valence-corrected chi connectivity index (χ2v) is 5.53. The van der Waals surface area contributed by atoms with Crippen LogP contribution in [0.4, 0.5) is 0 Å². The fourth-order valence-electron chi connectivity index (χ4n) is 1.74. The number of esters is 1. The predicted octanol–water partition coefficient (Wildman–Crippen LogP) is -0.274. The van der Waals surface area contributed by atoms with Crippen molar-refractivity contribution < 1.29 is 17.9 Å². The Balaban J connectivity index is 2.64. The molecular formula is C9H18N2O4S. The van der Waals surface area contributed by atoms with Crippen LogP contribution in [0.25, 0.3) is 0 Å². The van der Waals surface area contributed by atoms with Crippen LogP contribution < -0.4 is 4.72 Å². The van der Waals surface area contributed by atoms with E-state index in [1.54, 1.807) is 6.92 Å². The molecule has 7 heteroatoms. The van der Waals surface area contributed by atoms with Crippen LogP contribution >= 0.6 is 0 Å². The molecule has 0 aliphatic carbocycles. The summed E-state index contributed by atoms with van der Waals surface area (Å²) in [6, 6.07) is 0. The summed E-state index contributed by atoms with van der Waals surface area (Å²) in [5.74, 6) is -0.643. The van der Waals surface area contributed by atoms with E-state index in [4.69, 9.17) is 4.74 Å². The van der Waals surface area contributed by atoms with Crippen molar-refractivity contribution in [2.45, 2.75) is 19.8 Å². The molecule has 16 heavy (non-hydrogen) atoms. The van der Waals surface area contributed by atoms with E-state index in [-0.39, 0.29) is 18.4 Å². The lowest BCUT2D eigenvalue weighted by atomic mass is 10.0. The van der Waals surface area contributed by atoms with E-state index in [0.717, 1.165) is 0 Å². The summed E-state index contributed by atoms with van der Waals surface area (Å²) < 4.78 is 31.5. The van der Waals surface area contributed by atoms with Crippen molar-refractivity contribution in [3.63, 3.8) is 0 Å². The van der Waals surface area contributed by atoms with Gasteiger partial charge >= 0.3 is 5.97 Å². The number of hydrogen-bond donors (Lipinski definition) is 1. The van der Waals surface area contributed by atoms with Crippen molar-refractivity contribution in [3.05, 3.63) is 0 Å². The first-order valence-electron chi connectivity index (χ1n) is 5.36. The van der Waals surface area contributed by atoms with E-state index in [0.29, 0.717) is 26.0 Å². The summed E-state index contributed by atoms with van der Waals surface area (Å²) in [6.07, 6.45) is 1.37. The number of nitrogens with one attached hydrogen (secondary N) is 1. The fraction of sp³-hybridized carbons (Fsp3) is 0.889. The van der Waals surface area contributed by atoms with Crippen LogP contribution in [0.15, 0.2) is 0 Å². The molecule has 0 aromatic rings.